The third-order valence-corrected chi connectivity index (χ3v) is 1.75. The Morgan fingerprint density at radius 3 is 1.14 bits per heavy atom. The van der Waals surface area contributed by atoms with Crippen molar-refractivity contribution in [1.29, 1.82) is 0 Å². The van der Waals surface area contributed by atoms with Crippen LogP contribution >= 0.6 is 0 Å². The molecular weight excluding hydrogens is 176 g/mol. The Morgan fingerprint density at radius 2 is 0.929 bits per heavy atom. The Kier molecular flexibility index (Phi) is 21.8. The van der Waals surface area contributed by atoms with Gasteiger partial charge in [-0.1, -0.05) is 53.4 Å². The molecule has 0 aliphatic heterocycles. The molecule has 0 fully saturated rings. The fraction of sp³-hybridized carbons (Fsp3) is 1.00. The lowest BCUT2D eigenvalue weighted by Gasteiger charge is -2.00. The maximum absolute atomic E-state index is 4.88. The van der Waals surface area contributed by atoms with Crippen LogP contribution in [-0.4, -0.2) is 13.2 Å². The van der Waals surface area contributed by atoms with Gasteiger partial charge < -0.3 is 0 Å². The highest BCUT2D eigenvalue weighted by Gasteiger charge is 1.86. The zero-order valence-corrected chi connectivity index (χ0v) is 10.5. The third kappa shape index (κ3) is 22.7. The van der Waals surface area contributed by atoms with Gasteiger partial charge in [0.2, 0.25) is 0 Å². The van der Waals surface area contributed by atoms with E-state index in [9.17, 15) is 0 Å². The minimum absolute atomic E-state index is 0.736. The monoisotopic (exact) mass is 204 g/mol. The van der Waals surface area contributed by atoms with Gasteiger partial charge in [0.25, 0.3) is 0 Å². The smallest absolute Gasteiger partial charge is 0.0822 e. The standard InChI is InChI=1S/C8H18O2.C4H10/c1-3-5-7-9-10-8-6-4-2;1-3-4-2/h3-8H2,1-2H3;3-4H2,1-2H3. The maximum Gasteiger partial charge on any atom is 0.0822 e. The summed E-state index contributed by atoms with van der Waals surface area (Å²) in [7, 11) is 0. The lowest BCUT2D eigenvalue weighted by atomic mass is 10.4. The maximum atomic E-state index is 4.88. The van der Waals surface area contributed by atoms with E-state index in [4.69, 9.17) is 9.78 Å². The van der Waals surface area contributed by atoms with Gasteiger partial charge in [-0.3, -0.25) is 0 Å². The van der Waals surface area contributed by atoms with E-state index in [1.165, 1.54) is 12.8 Å². The normalized spacial score (nSPS) is 9.43. The van der Waals surface area contributed by atoms with Crippen LogP contribution in [0, 0.1) is 0 Å². The first-order valence-corrected chi connectivity index (χ1v) is 6.07. The van der Waals surface area contributed by atoms with Crippen LogP contribution in [0.25, 0.3) is 0 Å². The van der Waals surface area contributed by atoms with E-state index in [1.807, 2.05) is 0 Å². The van der Waals surface area contributed by atoms with Crippen molar-refractivity contribution in [1.82, 2.24) is 0 Å². The van der Waals surface area contributed by atoms with Crippen LogP contribution in [0.2, 0.25) is 0 Å². The Labute approximate surface area is 89.9 Å². The summed E-state index contributed by atoms with van der Waals surface area (Å²) in [5.41, 5.74) is 0. The minimum Gasteiger partial charge on any atom is -0.237 e. The van der Waals surface area contributed by atoms with E-state index < -0.39 is 0 Å². The Hall–Kier alpha value is -0.0800. The molecule has 0 aromatic rings. The molecule has 0 radical (unpaired) electrons. The predicted molar refractivity (Wildman–Crippen MR) is 62.3 cm³/mol. The zero-order valence-electron chi connectivity index (χ0n) is 10.5. The molecule has 2 nitrogen and oxygen atoms in total. The van der Waals surface area contributed by atoms with E-state index in [1.54, 1.807) is 0 Å². The molecule has 0 aliphatic rings. The van der Waals surface area contributed by atoms with Gasteiger partial charge in [0.15, 0.2) is 0 Å². The summed E-state index contributed by atoms with van der Waals surface area (Å²) in [6.45, 7) is 10.1. The van der Waals surface area contributed by atoms with Gasteiger partial charge in [-0.25, -0.2) is 9.78 Å². The summed E-state index contributed by atoms with van der Waals surface area (Å²) >= 11 is 0. The lowest BCUT2D eigenvalue weighted by molar-refractivity contribution is -0.295. The Morgan fingerprint density at radius 1 is 0.571 bits per heavy atom. The zero-order chi connectivity index (χ0) is 11.1. The van der Waals surface area contributed by atoms with Gasteiger partial charge in [-0.05, 0) is 12.8 Å². The second kappa shape index (κ2) is 18.7. The summed E-state index contributed by atoms with van der Waals surface area (Å²) < 4.78 is 0. The van der Waals surface area contributed by atoms with Gasteiger partial charge in [-0.2, -0.15) is 0 Å². The number of unbranched alkanes of at least 4 members (excludes halogenated alkanes) is 3. The molecular formula is C12H28O2. The molecule has 0 aliphatic carbocycles. The van der Waals surface area contributed by atoms with Gasteiger partial charge in [0.05, 0.1) is 13.2 Å². The molecule has 0 saturated carbocycles. The summed E-state index contributed by atoms with van der Waals surface area (Å²) in [6.07, 6.45) is 7.15. The van der Waals surface area contributed by atoms with E-state index in [2.05, 4.69) is 27.7 Å². The van der Waals surface area contributed by atoms with Crippen molar-refractivity contribution in [3.05, 3.63) is 0 Å². The van der Waals surface area contributed by atoms with Gasteiger partial charge in [-0.15, -0.1) is 0 Å². The summed E-state index contributed by atoms with van der Waals surface area (Å²) in [6, 6.07) is 0. The highest BCUT2D eigenvalue weighted by molar-refractivity contribution is 4.28. The van der Waals surface area contributed by atoms with Gasteiger partial charge in [0, 0.05) is 0 Å². The third-order valence-electron chi connectivity index (χ3n) is 1.75. The Balaban J connectivity index is 0. The van der Waals surface area contributed by atoms with Crippen molar-refractivity contribution in [2.45, 2.75) is 66.2 Å². The fourth-order valence-electron chi connectivity index (χ4n) is 0.524. The molecule has 0 unspecified atom stereocenters. The molecule has 0 atom stereocenters. The van der Waals surface area contributed by atoms with Crippen LogP contribution in [-0.2, 0) is 9.78 Å². The van der Waals surface area contributed by atoms with Crippen molar-refractivity contribution in [2.24, 2.45) is 0 Å². The lowest BCUT2D eigenvalue weighted by Crippen LogP contribution is -1.97. The van der Waals surface area contributed by atoms with Crippen LogP contribution in [0.1, 0.15) is 66.2 Å². The largest absolute Gasteiger partial charge is 0.237 e. The number of hydrogen-bond donors (Lipinski definition) is 0. The molecule has 0 N–H and O–H groups in total. The van der Waals surface area contributed by atoms with Crippen molar-refractivity contribution >= 4 is 0 Å². The molecule has 14 heavy (non-hydrogen) atoms. The highest BCUT2D eigenvalue weighted by Crippen LogP contribution is 1.91. The molecule has 0 heterocycles. The fourth-order valence-corrected chi connectivity index (χ4v) is 0.524. The molecule has 0 bridgehead atoms. The van der Waals surface area contributed by atoms with Gasteiger partial charge in [0.1, 0.15) is 0 Å². The first-order chi connectivity index (χ1) is 6.83. The van der Waals surface area contributed by atoms with Gasteiger partial charge >= 0.3 is 0 Å². The van der Waals surface area contributed by atoms with Crippen molar-refractivity contribution in [2.75, 3.05) is 13.2 Å². The van der Waals surface area contributed by atoms with Crippen LogP contribution < -0.4 is 0 Å². The molecule has 0 aromatic carbocycles. The first-order valence-electron chi connectivity index (χ1n) is 6.07. The van der Waals surface area contributed by atoms with Crippen LogP contribution in [0.5, 0.6) is 0 Å². The highest BCUT2D eigenvalue weighted by atomic mass is 17.2. The second-order valence-electron chi connectivity index (χ2n) is 3.35. The SMILES string of the molecule is CCCC.CCCCOOCCCC. The summed E-state index contributed by atoms with van der Waals surface area (Å²) in [4.78, 5) is 9.75. The summed E-state index contributed by atoms with van der Waals surface area (Å²) in [5.74, 6) is 0. The predicted octanol–water partition coefficient (Wildman–Crippen LogP) is 4.34. The molecule has 0 spiro atoms. The van der Waals surface area contributed by atoms with Crippen molar-refractivity contribution < 1.29 is 9.78 Å². The number of hydrogen-bond acceptors (Lipinski definition) is 2. The van der Waals surface area contributed by atoms with E-state index >= 15 is 0 Å². The van der Waals surface area contributed by atoms with Crippen molar-refractivity contribution in [3.8, 4) is 0 Å². The molecule has 0 aromatic heterocycles. The van der Waals surface area contributed by atoms with Crippen LogP contribution in [0.15, 0.2) is 0 Å². The second-order valence-corrected chi connectivity index (χ2v) is 3.35. The van der Waals surface area contributed by atoms with Crippen LogP contribution in [0.4, 0.5) is 0 Å². The minimum atomic E-state index is 0.736. The summed E-state index contributed by atoms with van der Waals surface area (Å²) in [5, 5.41) is 0. The van der Waals surface area contributed by atoms with E-state index in [0.29, 0.717) is 0 Å². The molecule has 0 amide bonds. The average molecular weight is 204 g/mol. The molecule has 88 valence electrons. The van der Waals surface area contributed by atoms with Crippen molar-refractivity contribution in [3.63, 3.8) is 0 Å². The van der Waals surface area contributed by atoms with Crippen LogP contribution in [0.3, 0.4) is 0 Å². The topological polar surface area (TPSA) is 18.5 Å². The average Bonchev–Trinajstić information content (AvgIpc) is 2.24. The quantitative estimate of drug-likeness (QED) is 0.332. The molecule has 2 heteroatoms. The first kappa shape index (κ1) is 16.4. The Bertz CT molecular complexity index is 64.7. The number of rotatable bonds is 8. The van der Waals surface area contributed by atoms with E-state index in [-0.39, 0.29) is 0 Å². The molecule has 0 saturated heterocycles. The molecule has 0 rings (SSSR count). The van der Waals surface area contributed by atoms with E-state index in [0.717, 1.165) is 38.9 Å².